The summed E-state index contributed by atoms with van der Waals surface area (Å²) in [6.07, 6.45) is 1.96. The predicted molar refractivity (Wildman–Crippen MR) is 107 cm³/mol. The molecule has 2 aliphatic rings. The summed E-state index contributed by atoms with van der Waals surface area (Å²) in [7, 11) is 1.63. The second kappa shape index (κ2) is 9.35. The molecule has 0 spiro atoms. The van der Waals surface area contributed by atoms with Gasteiger partial charge in [-0.3, -0.25) is 9.59 Å². The van der Waals surface area contributed by atoms with E-state index in [1.807, 2.05) is 4.90 Å². The number of amides is 4. The lowest BCUT2D eigenvalue weighted by atomic mass is 10.2. The van der Waals surface area contributed by atoms with Crippen molar-refractivity contribution in [1.29, 1.82) is 0 Å². The molecule has 0 atom stereocenters. The van der Waals surface area contributed by atoms with Gasteiger partial charge in [0.05, 0.1) is 6.61 Å². The van der Waals surface area contributed by atoms with Gasteiger partial charge in [0.2, 0.25) is 16.9 Å². The van der Waals surface area contributed by atoms with E-state index in [0.717, 1.165) is 5.13 Å². The number of nitrogens with two attached hydrogens (primary N) is 1. The van der Waals surface area contributed by atoms with Gasteiger partial charge in [-0.05, 0) is 12.8 Å². The van der Waals surface area contributed by atoms with Gasteiger partial charge in [0, 0.05) is 64.2 Å². The van der Waals surface area contributed by atoms with Gasteiger partial charge in [-0.25, -0.2) is 9.78 Å². The maximum atomic E-state index is 13.0. The fourth-order valence-corrected chi connectivity index (χ4v) is 4.00. The van der Waals surface area contributed by atoms with Crippen LogP contribution >= 0.6 is 11.5 Å². The molecule has 2 fully saturated rings. The van der Waals surface area contributed by atoms with E-state index in [1.165, 1.54) is 11.5 Å². The van der Waals surface area contributed by atoms with Crippen molar-refractivity contribution < 1.29 is 19.1 Å². The van der Waals surface area contributed by atoms with E-state index in [-0.39, 0.29) is 24.8 Å². The van der Waals surface area contributed by atoms with Gasteiger partial charge in [0.15, 0.2) is 0 Å². The van der Waals surface area contributed by atoms with Crippen LogP contribution in [0.15, 0.2) is 0 Å². The Labute approximate surface area is 173 Å². The smallest absolute Gasteiger partial charge is 0.313 e. The van der Waals surface area contributed by atoms with Crippen LogP contribution in [0, 0.1) is 0 Å². The van der Waals surface area contributed by atoms with E-state index in [2.05, 4.69) is 20.0 Å². The molecule has 4 amide bonds. The Balaban J connectivity index is 1.70. The van der Waals surface area contributed by atoms with Gasteiger partial charge in [-0.15, -0.1) is 0 Å². The molecule has 3 rings (SSSR count). The number of ether oxygens (including phenoxy) is 1. The van der Waals surface area contributed by atoms with Crippen molar-refractivity contribution in [2.45, 2.75) is 31.2 Å². The Morgan fingerprint density at radius 3 is 2.79 bits per heavy atom. The number of carbonyl (C=O) groups is 3. The molecule has 4 N–H and O–H groups in total. The zero-order valence-electron chi connectivity index (χ0n) is 16.5. The van der Waals surface area contributed by atoms with E-state index in [1.54, 1.807) is 12.0 Å². The van der Waals surface area contributed by atoms with Crippen molar-refractivity contribution in [2.24, 2.45) is 5.73 Å². The Bertz CT molecular complexity index is 752. The molecule has 1 aromatic rings. The van der Waals surface area contributed by atoms with Crippen LogP contribution in [-0.2, 0) is 20.7 Å². The standard InChI is InChI=1S/C17H27N7O4S/c1-28-11-3-12-20-16(29-22-12)24-8-6-19-13(25)2-7-23(9-10-24)14(26)17(4-5-17)21-15(18)27/h2-11H2,1H3,(H,19,25)(H3,18,21,27). The van der Waals surface area contributed by atoms with E-state index < -0.39 is 11.6 Å². The molecular weight excluding hydrogens is 398 g/mol. The number of hydrogen-bond donors (Lipinski definition) is 3. The van der Waals surface area contributed by atoms with Crippen LogP contribution < -0.4 is 21.3 Å². The van der Waals surface area contributed by atoms with Crippen LogP contribution in [0.2, 0.25) is 0 Å². The first-order valence-electron chi connectivity index (χ1n) is 9.64. The average molecular weight is 426 g/mol. The highest BCUT2D eigenvalue weighted by Gasteiger charge is 2.52. The molecule has 1 aromatic heterocycles. The highest BCUT2D eigenvalue weighted by atomic mass is 32.1. The first kappa shape index (κ1) is 21.2. The number of nitrogens with one attached hydrogen (secondary N) is 2. The molecule has 29 heavy (non-hydrogen) atoms. The van der Waals surface area contributed by atoms with Crippen LogP contribution in [-0.4, -0.2) is 84.1 Å². The van der Waals surface area contributed by atoms with Gasteiger partial charge in [0.25, 0.3) is 0 Å². The number of rotatable bonds is 6. The van der Waals surface area contributed by atoms with Crippen LogP contribution in [0.5, 0.6) is 0 Å². The molecule has 1 saturated carbocycles. The maximum absolute atomic E-state index is 13.0. The third-order valence-electron chi connectivity index (χ3n) is 5.02. The van der Waals surface area contributed by atoms with Crippen LogP contribution in [0.1, 0.15) is 25.1 Å². The largest absolute Gasteiger partial charge is 0.384 e. The molecule has 2 heterocycles. The quantitative estimate of drug-likeness (QED) is 0.535. The minimum Gasteiger partial charge on any atom is -0.384 e. The molecule has 0 unspecified atom stereocenters. The Morgan fingerprint density at radius 2 is 2.10 bits per heavy atom. The number of aromatic nitrogens is 2. The van der Waals surface area contributed by atoms with Gasteiger partial charge in [-0.2, -0.15) is 4.37 Å². The lowest BCUT2D eigenvalue weighted by molar-refractivity contribution is -0.134. The van der Waals surface area contributed by atoms with Gasteiger partial charge >= 0.3 is 6.03 Å². The fraction of sp³-hybridized carbons (Fsp3) is 0.706. The fourth-order valence-electron chi connectivity index (χ4n) is 3.24. The van der Waals surface area contributed by atoms with E-state index in [4.69, 9.17) is 10.5 Å². The normalized spacial score (nSPS) is 19.4. The van der Waals surface area contributed by atoms with Crippen molar-refractivity contribution >= 4 is 34.5 Å². The molecule has 0 bridgehead atoms. The molecule has 160 valence electrons. The van der Waals surface area contributed by atoms with Gasteiger partial charge in [-0.1, -0.05) is 0 Å². The maximum Gasteiger partial charge on any atom is 0.313 e. The Kier molecular flexibility index (Phi) is 6.85. The van der Waals surface area contributed by atoms with Crippen LogP contribution in [0.4, 0.5) is 9.93 Å². The minimum absolute atomic E-state index is 0.115. The van der Waals surface area contributed by atoms with Crippen molar-refractivity contribution in [2.75, 3.05) is 51.3 Å². The Hall–Kier alpha value is -2.47. The summed E-state index contributed by atoms with van der Waals surface area (Å²) >= 11 is 1.29. The van der Waals surface area contributed by atoms with Crippen molar-refractivity contribution in [3.8, 4) is 0 Å². The monoisotopic (exact) mass is 425 g/mol. The number of urea groups is 1. The second-order valence-corrected chi connectivity index (χ2v) is 7.92. The molecule has 0 radical (unpaired) electrons. The molecule has 1 aliphatic carbocycles. The third kappa shape index (κ3) is 5.54. The lowest BCUT2D eigenvalue weighted by Gasteiger charge is -2.31. The summed E-state index contributed by atoms with van der Waals surface area (Å²) in [5.41, 5.74) is 4.31. The predicted octanol–water partition coefficient (Wildman–Crippen LogP) is -0.917. The summed E-state index contributed by atoms with van der Waals surface area (Å²) in [5, 5.41) is 6.18. The number of hydrogen-bond acceptors (Lipinski definition) is 8. The zero-order valence-corrected chi connectivity index (χ0v) is 17.3. The summed E-state index contributed by atoms with van der Waals surface area (Å²) in [5.74, 6) is 0.404. The molecule has 0 aromatic carbocycles. The van der Waals surface area contributed by atoms with Crippen molar-refractivity contribution in [3.05, 3.63) is 5.82 Å². The number of methoxy groups -OCH3 is 1. The first-order valence-corrected chi connectivity index (χ1v) is 10.4. The van der Waals surface area contributed by atoms with Crippen molar-refractivity contribution in [1.82, 2.24) is 24.9 Å². The number of primary amides is 1. The first-order chi connectivity index (χ1) is 13.9. The summed E-state index contributed by atoms with van der Waals surface area (Å²) in [6, 6.07) is -0.714. The minimum atomic E-state index is -0.923. The van der Waals surface area contributed by atoms with E-state index in [0.29, 0.717) is 57.9 Å². The van der Waals surface area contributed by atoms with Crippen molar-refractivity contribution in [3.63, 3.8) is 0 Å². The topological polar surface area (TPSA) is 143 Å². The molecule has 12 heteroatoms. The molecule has 1 saturated heterocycles. The van der Waals surface area contributed by atoms with E-state index in [9.17, 15) is 14.4 Å². The highest BCUT2D eigenvalue weighted by Crippen LogP contribution is 2.37. The molecule has 11 nitrogen and oxygen atoms in total. The average Bonchev–Trinajstić information content (AvgIpc) is 3.31. The summed E-state index contributed by atoms with van der Waals surface area (Å²) in [4.78, 5) is 44.6. The van der Waals surface area contributed by atoms with Gasteiger partial charge in [0.1, 0.15) is 11.4 Å². The van der Waals surface area contributed by atoms with Crippen LogP contribution in [0.25, 0.3) is 0 Å². The summed E-state index contributed by atoms with van der Waals surface area (Å²) in [6.45, 7) is 2.86. The van der Waals surface area contributed by atoms with Gasteiger partial charge < -0.3 is 30.9 Å². The third-order valence-corrected chi connectivity index (χ3v) is 5.83. The van der Waals surface area contributed by atoms with Crippen LogP contribution in [0.3, 0.4) is 0 Å². The Morgan fingerprint density at radius 1 is 1.31 bits per heavy atom. The van der Waals surface area contributed by atoms with E-state index >= 15 is 0 Å². The number of carbonyl (C=O) groups excluding carboxylic acids is 3. The lowest BCUT2D eigenvalue weighted by Crippen LogP contribution is -2.54. The second-order valence-electron chi connectivity index (χ2n) is 7.19. The zero-order chi connectivity index (χ0) is 20.9. The molecular formula is C17H27N7O4S. The molecule has 1 aliphatic heterocycles. The SMILES string of the molecule is COCCc1nsc(N2CCNC(=O)CCN(C(=O)C3(NC(N)=O)CC3)CC2)n1. The number of nitrogens with zero attached hydrogens (tertiary/aromatic N) is 4. The summed E-state index contributed by atoms with van der Waals surface area (Å²) < 4.78 is 9.42. The highest BCUT2D eigenvalue weighted by molar-refractivity contribution is 7.09. The number of anilines is 1.